The Morgan fingerprint density at radius 3 is 2.00 bits per heavy atom. The lowest BCUT2D eigenvalue weighted by molar-refractivity contribution is 0.155. The first kappa shape index (κ1) is 17.0. The zero-order chi connectivity index (χ0) is 16.4. The van der Waals surface area contributed by atoms with Gasteiger partial charge in [-0.15, -0.1) is 0 Å². The summed E-state index contributed by atoms with van der Waals surface area (Å²) < 4.78 is 22.1. The zero-order valence-electron chi connectivity index (χ0n) is 12.5. The number of hydrogen-bond donors (Lipinski definition) is 1. The topological polar surface area (TPSA) is 54.4 Å². The Morgan fingerprint density at radius 2 is 1.55 bits per heavy atom. The van der Waals surface area contributed by atoms with Gasteiger partial charge in [0.1, 0.15) is 6.10 Å². The van der Waals surface area contributed by atoms with Crippen molar-refractivity contribution in [3.63, 3.8) is 0 Å². The van der Waals surface area contributed by atoms with E-state index in [1.54, 1.807) is 19.1 Å². The van der Waals surface area contributed by atoms with Crippen LogP contribution in [-0.4, -0.2) is 24.0 Å². The monoisotopic (exact) mass is 338 g/mol. The second-order valence-corrected chi connectivity index (χ2v) is 8.47. The van der Waals surface area contributed by atoms with Gasteiger partial charge in [0.15, 0.2) is 14.0 Å². The van der Waals surface area contributed by atoms with Gasteiger partial charge in [-0.1, -0.05) is 73.1 Å². The third-order valence-corrected chi connectivity index (χ3v) is 6.90. The molecule has 2 rings (SSSR count). The van der Waals surface area contributed by atoms with Crippen LogP contribution in [0.2, 0.25) is 0 Å². The van der Waals surface area contributed by atoms with Gasteiger partial charge < -0.3 is 5.11 Å². The van der Waals surface area contributed by atoms with Crippen molar-refractivity contribution in [2.75, 3.05) is 6.26 Å². The lowest BCUT2D eigenvalue weighted by Crippen LogP contribution is -2.37. The Bertz CT molecular complexity index is 726. The fourth-order valence-corrected chi connectivity index (χ4v) is 3.59. The third-order valence-electron chi connectivity index (χ3n) is 3.84. The van der Waals surface area contributed by atoms with Gasteiger partial charge in [0, 0.05) is 6.26 Å². The molecule has 0 amide bonds. The minimum atomic E-state index is -3.61. The summed E-state index contributed by atoms with van der Waals surface area (Å²) in [5.41, 5.74) is 2.54. The van der Waals surface area contributed by atoms with E-state index in [2.05, 4.69) is 0 Å². The van der Waals surface area contributed by atoms with Crippen molar-refractivity contribution in [2.45, 2.75) is 23.7 Å². The molecule has 0 saturated carbocycles. The van der Waals surface area contributed by atoms with E-state index >= 15 is 0 Å². The predicted octanol–water partition coefficient (Wildman–Crippen LogP) is 3.78. The van der Waals surface area contributed by atoms with Crippen LogP contribution in [0.5, 0.6) is 0 Å². The van der Waals surface area contributed by atoms with E-state index in [1.807, 2.05) is 42.5 Å². The highest BCUT2D eigenvalue weighted by molar-refractivity contribution is 7.93. The number of aliphatic hydroxyl groups excluding tert-OH is 1. The van der Waals surface area contributed by atoms with Crippen molar-refractivity contribution in [1.29, 1.82) is 0 Å². The average Bonchev–Trinajstić information content (AvgIpc) is 2.53. The van der Waals surface area contributed by atoms with Crippen LogP contribution in [0.4, 0.5) is 0 Å². The SMILES string of the molecule is CC[C@@](Cl)([C@@H](O)c1ccc(-c2ccccc2)cc1)S(C)(=O)=O. The molecule has 0 aliphatic rings. The molecule has 2 aromatic rings. The summed E-state index contributed by atoms with van der Waals surface area (Å²) in [5, 5.41) is 10.4. The smallest absolute Gasteiger partial charge is 0.174 e. The number of benzene rings is 2. The van der Waals surface area contributed by atoms with Gasteiger partial charge in [0.25, 0.3) is 0 Å². The molecular formula is C17H19ClO3S. The summed E-state index contributed by atoms with van der Waals surface area (Å²) in [6.07, 6.45) is -0.112. The summed E-state index contributed by atoms with van der Waals surface area (Å²) >= 11 is 6.20. The number of halogens is 1. The highest BCUT2D eigenvalue weighted by atomic mass is 35.5. The first-order valence-electron chi connectivity index (χ1n) is 7.01. The Kier molecular flexibility index (Phi) is 4.95. The molecule has 0 saturated heterocycles. The maximum absolute atomic E-state index is 11.9. The lowest BCUT2D eigenvalue weighted by Gasteiger charge is -2.29. The van der Waals surface area contributed by atoms with Crippen LogP contribution in [0.3, 0.4) is 0 Å². The first-order chi connectivity index (χ1) is 10.3. The van der Waals surface area contributed by atoms with Gasteiger partial charge >= 0.3 is 0 Å². The molecule has 0 radical (unpaired) electrons. The molecule has 1 N–H and O–H groups in total. The van der Waals surface area contributed by atoms with Crippen molar-refractivity contribution in [1.82, 2.24) is 0 Å². The maximum atomic E-state index is 11.9. The molecular weight excluding hydrogens is 320 g/mol. The number of aliphatic hydroxyl groups is 1. The van der Waals surface area contributed by atoms with Crippen molar-refractivity contribution in [3.05, 3.63) is 60.2 Å². The van der Waals surface area contributed by atoms with Crippen LogP contribution in [0.15, 0.2) is 54.6 Å². The molecule has 2 aromatic carbocycles. The minimum absolute atomic E-state index is 0.120. The second-order valence-electron chi connectivity index (χ2n) is 5.30. The first-order valence-corrected chi connectivity index (χ1v) is 9.28. The number of rotatable bonds is 5. The summed E-state index contributed by atoms with van der Waals surface area (Å²) in [7, 11) is -3.61. The second kappa shape index (κ2) is 6.41. The third kappa shape index (κ3) is 3.19. The summed E-state index contributed by atoms with van der Waals surface area (Å²) in [6.45, 7) is 1.65. The molecule has 0 heterocycles. The molecule has 0 unspecified atom stereocenters. The molecule has 3 nitrogen and oxygen atoms in total. The maximum Gasteiger partial charge on any atom is 0.174 e. The molecule has 0 fully saturated rings. The lowest BCUT2D eigenvalue weighted by atomic mass is 9.99. The molecule has 0 bridgehead atoms. The van der Waals surface area contributed by atoms with Gasteiger partial charge in [-0.2, -0.15) is 0 Å². The van der Waals surface area contributed by atoms with Crippen molar-refractivity contribution in [2.24, 2.45) is 0 Å². The van der Waals surface area contributed by atoms with Gasteiger partial charge in [-0.05, 0) is 23.1 Å². The van der Waals surface area contributed by atoms with Crippen LogP contribution >= 0.6 is 11.6 Å². The van der Waals surface area contributed by atoms with Gasteiger partial charge in [0.2, 0.25) is 0 Å². The summed E-state index contributed by atoms with van der Waals surface area (Å²) in [6, 6.07) is 16.9. The molecule has 2 atom stereocenters. The minimum Gasteiger partial charge on any atom is -0.385 e. The van der Waals surface area contributed by atoms with Crippen LogP contribution in [0.25, 0.3) is 11.1 Å². The fraction of sp³-hybridized carbons (Fsp3) is 0.294. The summed E-state index contributed by atoms with van der Waals surface area (Å²) in [4.78, 5) is 0. The quantitative estimate of drug-likeness (QED) is 0.844. The molecule has 118 valence electrons. The Morgan fingerprint density at radius 1 is 1.05 bits per heavy atom. The number of sulfone groups is 1. The molecule has 0 aliphatic heterocycles. The van der Waals surface area contributed by atoms with E-state index in [9.17, 15) is 13.5 Å². The van der Waals surface area contributed by atoms with E-state index in [1.165, 1.54) is 0 Å². The Labute approximate surface area is 136 Å². The predicted molar refractivity (Wildman–Crippen MR) is 90.6 cm³/mol. The average molecular weight is 339 g/mol. The van der Waals surface area contributed by atoms with Gasteiger partial charge in [0.05, 0.1) is 0 Å². The highest BCUT2D eigenvalue weighted by Crippen LogP contribution is 2.39. The Hall–Kier alpha value is -1.36. The van der Waals surface area contributed by atoms with Crippen molar-refractivity contribution >= 4 is 21.4 Å². The fourth-order valence-electron chi connectivity index (χ4n) is 2.40. The van der Waals surface area contributed by atoms with E-state index < -0.39 is 20.1 Å². The molecule has 22 heavy (non-hydrogen) atoms. The van der Waals surface area contributed by atoms with Crippen LogP contribution < -0.4 is 0 Å². The van der Waals surface area contributed by atoms with Gasteiger partial charge in [-0.25, -0.2) is 8.42 Å². The molecule has 0 aliphatic carbocycles. The molecule has 0 spiro atoms. The molecule has 5 heteroatoms. The normalized spacial score (nSPS) is 16.0. The van der Waals surface area contributed by atoms with Crippen LogP contribution in [-0.2, 0) is 9.84 Å². The Balaban J connectivity index is 2.35. The van der Waals surface area contributed by atoms with E-state index in [0.717, 1.165) is 17.4 Å². The standard InChI is InChI=1S/C17H19ClO3S/c1-3-17(18,22(2,20)21)16(19)15-11-9-14(10-12-15)13-7-5-4-6-8-13/h4-12,16,19H,3H2,1-2H3/t16-,17-/m0/s1. The molecule has 0 aromatic heterocycles. The van der Waals surface area contributed by atoms with Crippen molar-refractivity contribution < 1.29 is 13.5 Å². The van der Waals surface area contributed by atoms with E-state index in [-0.39, 0.29) is 6.42 Å². The van der Waals surface area contributed by atoms with Crippen LogP contribution in [0, 0.1) is 0 Å². The van der Waals surface area contributed by atoms with E-state index in [4.69, 9.17) is 11.6 Å². The summed E-state index contributed by atoms with van der Waals surface area (Å²) in [5.74, 6) is 0. The largest absolute Gasteiger partial charge is 0.385 e. The number of hydrogen-bond acceptors (Lipinski definition) is 3. The van der Waals surface area contributed by atoms with Crippen LogP contribution in [0.1, 0.15) is 25.0 Å². The van der Waals surface area contributed by atoms with Gasteiger partial charge in [-0.3, -0.25) is 0 Å². The zero-order valence-corrected chi connectivity index (χ0v) is 14.1. The highest BCUT2D eigenvalue weighted by Gasteiger charge is 2.44. The number of alkyl halides is 1. The van der Waals surface area contributed by atoms with E-state index in [0.29, 0.717) is 5.56 Å². The van der Waals surface area contributed by atoms with Crippen molar-refractivity contribution in [3.8, 4) is 11.1 Å².